The fourth-order valence-corrected chi connectivity index (χ4v) is 2.99. The van der Waals surface area contributed by atoms with Crippen molar-refractivity contribution in [1.82, 2.24) is 15.2 Å². The maximum absolute atomic E-state index is 13.6. The summed E-state index contributed by atoms with van der Waals surface area (Å²) < 4.78 is 32.3. The van der Waals surface area contributed by atoms with E-state index in [2.05, 4.69) is 10.3 Å². The zero-order valence-corrected chi connectivity index (χ0v) is 17.1. The van der Waals surface area contributed by atoms with Gasteiger partial charge in [-0.05, 0) is 48.7 Å². The second-order valence-corrected chi connectivity index (χ2v) is 7.31. The summed E-state index contributed by atoms with van der Waals surface area (Å²) in [6.07, 6.45) is 2.15. The summed E-state index contributed by atoms with van der Waals surface area (Å²) in [7, 11) is 0. The van der Waals surface area contributed by atoms with Crippen LogP contribution in [0.4, 0.5) is 8.78 Å². The van der Waals surface area contributed by atoms with Gasteiger partial charge in [-0.2, -0.15) is 0 Å². The van der Waals surface area contributed by atoms with E-state index in [0.717, 1.165) is 17.5 Å². The maximum atomic E-state index is 13.6. The van der Waals surface area contributed by atoms with Gasteiger partial charge >= 0.3 is 0 Å². The maximum Gasteiger partial charge on any atom is 0.273 e. The summed E-state index contributed by atoms with van der Waals surface area (Å²) >= 11 is 0. The fourth-order valence-electron chi connectivity index (χ4n) is 2.99. The summed E-state index contributed by atoms with van der Waals surface area (Å²) in [5, 5.41) is 2.85. The Kier molecular flexibility index (Phi) is 7.30. The molecule has 1 aromatic heterocycles. The molecule has 30 heavy (non-hydrogen) atoms. The monoisotopic (exact) mass is 413 g/mol. The average molecular weight is 413 g/mol. The Bertz CT molecular complexity index is 973. The van der Waals surface area contributed by atoms with Gasteiger partial charge in [0.1, 0.15) is 17.9 Å². The molecule has 0 radical (unpaired) electrons. The lowest BCUT2D eigenvalue weighted by Crippen LogP contribution is -2.32. The topological polar surface area (TPSA) is 58.4 Å². The van der Waals surface area contributed by atoms with E-state index in [0.29, 0.717) is 25.5 Å². The third-order valence-corrected chi connectivity index (χ3v) is 4.75. The van der Waals surface area contributed by atoms with Gasteiger partial charge in [-0.3, -0.25) is 9.69 Å². The van der Waals surface area contributed by atoms with Crippen LogP contribution in [0.3, 0.4) is 0 Å². The summed E-state index contributed by atoms with van der Waals surface area (Å²) in [5.41, 5.74) is 1.91. The molecule has 0 aliphatic heterocycles. The Hall–Kier alpha value is -3.06. The largest absolute Gasteiger partial charge is 0.447 e. The Labute approximate surface area is 174 Å². The molecular formula is C23H25F2N3O2. The van der Waals surface area contributed by atoms with E-state index in [1.165, 1.54) is 30.5 Å². The molecular weight excluding hydrogens is 388 g/mol. The van der Waals surface area contributed by atoms with Gasteiger partial charge in [0.2, 0.25) is 5.89 Å². The number of carbonyl (C=O) groups excluding carboxylic acids is 1. The normalized spacial score (nSPS) is 12.2. The third-order valence-electron chi connectivity index (χ3n) is 4.75. The lowest BCUT2D eigenvalue weighted by molar-refractivity contribution is 0.0934. The van der Waals surface area contributed by atoms with Gasteiger partial charge < -0.3 is 9.73 Å². The number of aromatic nitrogens is 1. The molecule has 2 aromatic carbocycles. The molecule has 0 fully saturated rings. The number of rotatable bonds is 9. The lowest BCUT2D eigenvalue weighted by Gasteiger charge is -2.21. The molecule has 5 nitrogen and oxygen atoms in total. The van der Waals surface area contributed by atoms with Gasteiger partial charge in [-0.15, -0.1) is 0 Å². The van der Waals surface area contributed by atoms with Crippen LogP contribution in [0.5, 0.6) is 0 Å². The van der Waals surface area contributed by atoms with Crippen molar-refractivity contribution < 1.29 is 18.0 Å². The highest BCUT2D eigenvalue weighted by Gasteiger charge is 2.17. The standard InChI is InChI=1S/C23H25F2N3O2/c1-3-16(2)26-23(29)21-15-30-22(27-21)14-28(12-17-7-9-19(24)10-8-17)13-18-5-4-6-20(25)11-18/h4-11,15-16H,3,12-14H2,1-2H3,(H,26,29). The Morgan fingerprint density at radius 1 is 1.07 bits per heavy atom. The molecule has 0 aliphatic carbocycles. The summed E-state index contributed by atoms with van der Waals surface area (Å²) in [6, 6.07) is 12.6. The first-order chi connectivity index (χ1) is 14.4. The predicted molar refractivity (Wildman–Crippen MR) is 109 cm³/mol. The van der Waals surface area contributed by atoms with E-state index in [1.54, 1.807) is 18.2 Å². The van der Waals surface area contributed by atoms with Crippen LogP contribution in [0.1, 0.15) is 47.8 Å². The van der Waals surface area contributed by atoms with Gasteiger partial charge in [0.15, 0.2) is 5.69 Å². The van der Waals surface area contributed by atoms with Crippen molar-refractivity contribution in [2.24, 2.45) is 0 Å². The Morgan fingerprint density at radius 2 is 1.80 bits per heavy atom. The molecule has 1 amide bonds. The van der Waals surface area contributed by atoms with E-state index in [4.69, 9.17) is 4.42 Å². The number of benzene rings is 2. The van der Waals surface area contributed by atoms with Crippen molar-refractivity contribution >= 4 is 5.91 Å². The summed E-state index contributed by atoms with van der Waals surface area (Å²) in [4.78, 5) is 18.5. The smallest absolute Gasteiger partial charge is 0.273 e. The molecule has 0 saturated carbocycles. The fraction of sp³-hybridized carbons (Fsp3) is 0.304. The number of halogens is 2. The SMILES string of the molecule is CCC(C)NC(=O)c1coc(CN(Cc2ccc(F)cc2)Cc2cccc(F)c2)n1. The molecule has 0 saturated heterocycles. The lowest BCUT2D eigenvalue weighted by atomic mass is 10.1. The number of nitrogens with zero attached hydrogens (tertiary/aromatic N) is 2. The van der Waals surface area contributed by atoms with Crippen molar-refractivity contribution in [2.45, 2.75) is 45.9 Å². The van der Waals surface area contributed by atoms with Crippen molar-refractivity contribution in [1.29, 1.82) is 0 Å². The van der Waals surface area contributed by atoms with Crippen LogP contribution in [-0.4, -0.2) is 21.8 Å². The molecule has 7 heteroatoms. The molecule has 3 aromatic rings. The number of oxazole rings is 1. The van der Waals surface area contributed by atoms with E-state index in [-0.39, 0.29) is 29.3 Å². The van der Waals surface area contributed by atoms with E-state index >= 15 is 0 Å². The Morgan fingerprint density at radius 3 is 2.50 bits per heavy atom. The molecule has 0 aliphatic rings. The number of amides is 1. The van der Waals surface area contributed by atoms with Gasteiger partial charge in [-0.25, -0.2) is 13.8 Å². The van der Waals surface area contributed by atoms with Crippen molar-refractivity contribution in [3.63, 3.8) is 0 Å². The molecule has 1 atom stereocenters. The number of hydrogen-bond acceptors (Lipinski definition) is 4. The first-order valence-corrected chi connectivity index (χ1v) is 9.89. The van der Waals surface area contributed by atoms with Gasteiger partial charge in [-0.1, -0.05) is 31.2 Å². The first-order valence-electron chi connectivity index (χ1n) is 9.89. The van der Waals surface area contributed by atoms with Crippen molar-refractivity contribution in [3.05, 3.63) is 89.1 Å². The minimum Gasteiger partial charge on any atom is -0.447 e. The van der Waals surface area contributed by atoms with E-state index in [1.807, 2.05) is 24.8 Å². The molecule has 1 N–H and O–H groups in total. The molecule has 158 valence electrons. The highest BCUT2D eigenvalue weighted by molar-refractivity contribution is 5.92. The van der Waals surface area contributed by atoms with Gasteiger partial charge in [0, 0.05) is 19.1 Å². The number of carbonyl (C=O) groups is 1. The van der Waals surface area contributed by atoms with E-state index in [9.17, 15) is 13.6 Å². The second-order valence-electron chi connectivity index (χ2n) is 7.31. The third kappa shape index (κ3) is 6.22. The zero-order valence-electron chi connectivity index (χ0n) is 17.1. The molecule has 1 heterocycles. The van der Waals surface area contributed by atoms with Crippen molar-refractivity contribution in [2.75, 3.05) is 0 Å². The Balaban J connectivity index is 1.74. The summed E-state index contributed by atoms with van der Waals surface area (Å²) in [6.45, 7) is 5.13. The van der Waals surface area contributed by atoms with Crippen molar-refractivity contribution in [3.8, 4) is 0 Å². The molecule has 0 bridgehead atoms. The molecule has 0 spiro atoms. The number of hydrogen-bond donors (Lipinski definition) is 1. The van der Waals surface area contributed by atoms with Crippen LogP contribution in [0.25, 0.3) is 0 Å². The zero-order chi connectivity index (χ0) is 21.5. The molecule has 3 rings (SSSR count). The molecule has 1 unspecified atom stereocenters. The van der Waals surface area contributed by atoms with Crippen LogP contribution in [0.15, 0.2) is 59.2 Å². The van der Waals surface area contributed by atoms with Crippen LogP contribution in [-0.2, 0) is 19.6 Å². The average Bonchev–Trinajstić information content (AvgIpc) is 3.18. The summed E-state index contributed by atoms with van der Waals surface area (Å²) in [5.74, 6) is -0.521. The highest BCUT2D eigenvalue weighted by atomic mass is 19.1. The predicted octanol–water partition coefficient (Wildman–Crippen LogP) is 4.68. The highest BCUT2D eigenvalue weighted by Crippen LogP contribution is 2.16. The van der Waals surface area contributed by atoms with Gasteiger partial charge in [0.05, 0.1) is 6.54 Å². The van der Waals surface area contributed by atoms with Gasteiger partial charge in [0.25, 0.3) is 5.91 Å². The first kappa shape index (κ1) is 21.6. The minimum atomic E-state index is -0.311. The van der Waals surface area contributed by atoms with Crippen LogP contribution < -0.4 is 5.32 Å². The number of nitrogens with one attached hydrogen (secondary N) is 1. The quantitative estimate of drug-likeness (QED) is 0.553. The van der Waals surface area contributed by atoms with Crippen LogP contribution in [0.2, 0.25) is 0 Å². The van der Waals surface area contributed by atoms with Crippen LogP contribution >= 0.6 is 0 Å². The van der Waals surface area contributed by atoms with Crippen LogP contribution in [0, 0.1) is 11.6 Å². The second kappa shape index (κ2) is 10.1. The van der Waals surface area contributed by atoms with E-state index < -0.39 is 0 Å². The minimum absolute atomic E-state index is 0.0422.